The SMILES string of the molecule is CC[C@H](C)[C@@H]([C@@H](CC(=O)N1CCC[C@H]1[C@H](OC)[C@@H](C)C(=O)N[C@@H](Cc1ccccc1)C(=O)O)OC)N(C)C(=O)[C@@H](NC(=O)C(C)(C)NC(=O)CCOCCN)C(C)C. The number of aliphatic carboxylic acids is 1. The predicted octanol–water partition coefficient (Wildman–Crippen LogP) is 2.12. The van der Waals surface area contributed by atoms with Crippen molar-refractivity contribution >= 4 is 35.5 Å². The van der Waals surface area contributed by atoms with Crippen LogP contribution in [-0.2, 0) is 49.4 Å². The maximum absolute atomic E-state index is 14.3. The third-order valence-corrected chi connectivity index (χ3v) is 11.1. The predicted molar refractivity (Wildman–Crippen MR) is 219 cm³/mol. The highest BCUT2D eigenvalue weighted by atomic mass is 16.5. The second-order valence-electron chi connectivity index (χ2n) is 16.2. The van der Waals surface area contributed by atoms with Gasteiger partial charge in [-0.3, -0.25) is 24.0 Å². The van der Waals surface area contributed by atoms with E-state index in [0.29, 0.717) is 39.0 Å². The number of hydrogen-bond acceptors (Lipinski definition) is 10. The molecule has 1 aliphatic heterocycles. The van der Waals surface area contributed by atoms with E-state index >= 15 is 0 Å². The summed E-state index contributed by atoms with van der Waals surface area (Å²) in [5, 5.41) is 18.1. The van der Waals surface area contributed by atoms with Crippen LogP contribution in [-0.4, -0.2) is 140 Å². The molecule has 16 heteroatoms. The number of ether oxygens (including phenoxy) is 3. The lowest BCUT2D eigenvalue weighted by Gasteiger charge is -2.41. The molecule has 1 saturated heterocycles. The number of amides is 5. The number of nitrogens with two attached hydrogens (primary N) is 1. The van der Waals surface area contributed by atoms with E-state index in [0.717, 1.165) is 5.56 Å². The molecule has 0 saturated carbocycles. The molecule has 0 aliphatic carbocycles. The van der Waals surface area contributed by atoms with E-state index in [1.54, 1.807) is 61.9 Å². The van der Waals surface area contributed by atoms with E-state index in [2.05, 4.69) is 16.0 Å². The summed E-state index contributed by atoms with van der Waals surface area (Å²) in [6, 6.07) is 5.92. The van der Waals surface area contributed by atoms with Gasteiger partial charge in [-0.05, 0) is 44.1 Å². The average Bonchev–Trinajstić information content (AvgIpc) is 3.67. The van der Waals surface area contributed by atoms with Gasteiger partial charge in [-0.2, -0.15) is 0 Å². The fourth-order valence-corrected chi connectivity index (χ4v) is 7.53. The van der Waals surface area contributed by atoms with E-state index < -0.39 is 65.6 Å². The number of likely N-dealkylation sites (tertiary alicyclic amines) is 1. The lowest BCUT2D eigenvalue weighted by molar-refractivity contribution is -0.148. The van der Waals surface area contributed by atoms with E-state index in [9.17, 15) is 33.9 Å². The Morgan fingerprint density at radius 2 is 1.66 bits per heavy atom. The van der Waals surface area contributed by atoms with E-state index in [1.807, 2.05) is 33.8 Å². The molecule has 0 aromatic heterocycles. The van der Waals surface area contributed by atoms with Gasteiger partial charge in [-0.25, -0.2) is 4.79 Å². The van der Waals surface area contributed by atoms with Crippen LogP contribution in [0.5, 0.6) is 0 Å². The van der Waals surface area contributed by atoms with Gasteiger partial charge in [-0.15, -0.1) is 0 Å². The van der Waals surface area contributed by atoms with Crippen molar-refractivity contribution < 1.29 is 48.1 Å². The molecule has 5 amide bonds. The van der Waals surface area contributed by atoms with Crippen LogP contribution in [0.1, 0.15) is 86.1 Å². The molecule has 58 heavy (non-hydrogen) atoms. The summed E-state index contributed by atoms with van der Waals surface area (Å²) in [6.45, 7) is 13.6. The molecule has 328 valence electrons. The molecule has 1 fully saturated rings. The Morgan fingerprint density at radius 1 is 1.00 bits per heavy atom. The number of nitrogens with one attached hydrogen (secondary N) is 3. The Hall–Kier alpha value is -4.12. The van der Waals surface area contributed by atoms with Gasteiger partial charge in [-0.1, -0.05) is 71.4 Å². The first-order valence-corrected chi connectivity index (χ1v) is 20.4. The summed E-state index contributed by atoms with van der Waals surface area (Å²) < 4.78 is 17.1. The first-order chi connectivity index (χ1) is 27.3. The monoisotopic (exact) mass is 819 g/mol. The quantitative estimate of drug-likeness (QED) is 0.0901. The van der Waals surface area contributed by atoms with Crippen LogP contribution in [0.2, 0.25) is 0 Å². The zero-order valence-corrected chi connectivity index (χ0v) is 36.2. The topological polar surface area (TPSA) is 219 Å². The molecule has 0 spiro atoms. The zero-order chi connectivity index (χ0) is 43.7. The summed E-state index contributed by atoms with van der Waals surface area (Å²) in [5.74, 6) is -4.39. The van der Waals surface area contributed by atoms with Gasteiger partial charge >= 0.3 is 5.97 Å². The summed E-state index contributed by atoms with van der Waals surface area (Å²) in [6.07, 6.45) is 0.554. The molecule has 8 atom stereocenters. The Bertz CT molecular complexity index is 1490. The fraction of sp³-hybridized carbons (Fsp3) is 0.714. The van der Waals surface area contributed by atoms with E-state index in [4.69, 9.17) is 19.9 Å². The van der Waals surface area contributed by atoms with Gasteiger partial charge in [0.1, 0.15) is 17.6 Å². The maximum Gasteiger partial charge on any atom is 0.326 e. The highest BCUT2D eigenvalue weighted by Crippen LogP contribution is 2.30. The van der Waals surface area contributed by atoms with Gasteiger partial charge in [0.25, 0.3) is 0 Å². The average molecular weight is 819 g/mol. The highest BCUT2D eigenvalue weighted by Gasteiger charge is 2.43. The van der Waals surface area contributed by atoms with Gasteiger partial charge in [0.15, 0.2) is 0 Å². The standard InChI is InChI=1S/C42H70N6O10/c1-11-27(4)36(47(8)39(52)35(26(2)3)45-41(55)42(6,7)46-33(49)19-22-58-23-20-43)32(56-9)25-34(50)48-21-15-18-31(48)37(57-10)28(5)38(51)44-30(40(53)54)24-29-16-13-12-14-17-29/h12-14,16-17,26-28,30-32,35-37H,11,15,18-25,43H2,1-10H3,(H,44,51)(H,45,55)(H,46,49)(H,53,54)/t27-,28+,30-,31-,32+,35-,36-,37+/m0/s1. The van der Waals surface area contributed by atoms with Crippen LogP contribution in [0.4, 0.5) is 0 Å². The zero-order valence-electron chi connectivity index (χ0n) is 36.2. The first-order valence-electron chi connectivity index (χ1n) is 20.4. The third-order valence-electron chi connectivity index (χ3n) is 11.1. The minimum absolute atomic E-state index is 0.0424. The van der Waals surface area contributed by atoms with Gasteiger partial charge in [0.2, 0.25) is 29.5 Å². The number of rotatable bonds is 25. The van der Waals surface area contributed by atoms with Crippen molar-refractivity contribution in [2.24, 2.45) is 23.5 Å². The first kappa shape index (κ1) is 50.0. The lowest BCUT2D eigenvalue weighted by atomic mass is 9.89. The van der Waals surface area contributed by atoms with Crippen molar-refractivity contribution in [1.82, 2.24) is 25.8 Å². The molecule has 0 unspecified atom stereocenters. The smallest absolute Gasteiger partial charge is 0.326 e. The van der Waals surface area contributed by atoms with Crippen LogP contribution in [0, 0.1) is 17.8 Å². The molecule has 1 heterocycles. The van der Waals surface area contributed by atoms with Crippen LogP contribution in [0.3, 0.4) is 0 Å². The van der Waals surface area contributed by atoms with Crippen molar-refractivity contribution in [3.8, 4) is 0 Å². The molecule has 0 radical (unpaired) electrons. The number of carbonyl (C=O) groups excluding carboxylic acids is 5. The Morgan fingerprint density at radius 3 is 2.21 bits per heavy atom. The number of nitrogens with zero attached hydrogens (tertiary/aromatic N) is 2. The highest BCUT2D eigenvalue weighted by molar-refractivity contribution is 5.94. The summed E-state index contributed by atoms with van der Waals surface area (Å²) in [5.41, 5.74) is 4.86. The Labute approximate surface area is 344 Å². The number of carboxylic acids is 1. The van der Waals surface area contributed by atoms with Crippen molar-refractivity contribution in [2.75, 3.05) is 47.6 Å². The summed E-state index contributed by atoms with van der Waals surface area (Å²) in [4.78, 5) is 83.5. The molecular weight excluding hydrogens is 748 g/mol. The van der Waals surface area contributed by atoms with Crippen LogP contribution in [0.15, 0.2) is 30.3 Å². The minimum Gasteiger partial charge on any atom is -0.480 e. The van der Waals surface area contributed by atoms with Gasteiger partial charge < -0.3 is 50.8 Å². The largest absolute Gasteiger partial charge is 0.480 e. The number of hydrogen-bond donors (Lipinski definition) is 5. The van der Waals surface area contributed by atoms with E-state index in [1.165, 1.54) is 14.2 Å². The number of methoxy groups -OCH3 is 2. The molecule has 1 aromatic carbocycles. The Balaban J connectivity index is 2.23. The van der Waals surface area contributed by atoms with E-state index in [-0.39, 0.29) is 55.4 Å². The Kier molecular flexibility index (Phi) is 20.8. The number of carboxylic acid groups (broad SMARTS) is 1. The molecule has 1 aromatic rings. The van der Waals surface area contributed by atoms with Crippen molar-refractivity contribution in [3.05, 3.63) is 35.9 Å². The summed E-state index contributed by atoms with van der Waals surface area (Å²) in [7, 11) is 4.62. The van der Waals surface area contributed by atoms with Gasteiger partial charge in [0.05, 0.1) is 49.8 Å². The summed E-state index contributed by atoms with van der Waals surface area (Å²) >= 11 is 0. The number of likely N-dealkylation sites (N-methyl/N-ethyl adjacent to an activating group) is 1. The molecule has 1 aliphatic rings. The number of benzene rings is 1. The fourth-order valence-electron chi connectivity index (χ4n) is 7.53. The van der Waals surface area contributed by atoms with Gasteiger partial charge in [0, 0.05) is 47.2 Å². The lowest BCUT2D eigenvalue weighted by Crippen LogP contribution is -2.62. The molecule has 16 nitrogen and oxygen atoms in total. The number of carbonyl (C=O) groups is 6. The second kappa shape index (κ2) is 24.1. The molecule has 6 N–H and O–H groups in total. The third kappa shape index (κ3) is 14.3. The molecule has 0 bridgehead atoms. The van der Waals surface area contributed by atoms with Crippen LogP contribution < -0.4 is 21.7 Å². The maximum atomic E-state index is 14.3. The van der Waals surface area contributed by atoms with Crippen molar-refractivity contribution in [3.63, 3.8) is 0 Å². The second-order valence-corrected chi connectivity index (χ2v) is 16.2. The normalized spacial score (nSPS) is 18.0. The minimum atomic E-state index is -1.33. The molecular formula is C42H70N6O10. The van der Waals surface area contributed by atoms with Crippen molar-refractivity contribution in [2.45, 2.75) is 129 Å². The van der Waals surface area contributed by atoms with Crippen LogP contribution in [0.25, 0.3) is 0 Å². The molecule has 2 rings (SSSR count). The van der Waals surface area contributed by atoms with Crippen LogP contribution >= 0.6 is 0 Å². The van der Waals surface area contributed by atoms with Crippen molar-refractivity contribution in [1.29, 1.82) is 0 Å².